The number of ether oxygens (including phenoxy) is 1. The number of aliphatic hydroxyl groups excluding tert-OH is 1. The molecule has 0 fully saturated rings. The third kappa shape index (κ3) is 4.42. The predicted octanol–water partition coefficient (Wildman–Crippen LogP) is 1.80. The van der Waals surface area contributed by atoms with Crippen LogP contribution in [0.1, 0.15) is 38.5 Å². The number of aliphatic hydroxyl groups is 1. The van der Waals surface area contributed by atoms with Crippen LogP contribution in [0.5, 0.6) is 0 Å². The van der Waals surface area contributed by atoms with Crippen LogP contribution in [0.25, 0.3) is 0 Å². The van der Waals surface area contributed by atoms with Crippen LogP contribution in [-0.4, -0.2) is 23.8 Å². The Balaban J connectivity index is 2.39. The van der Waals surface area contributed by atoms with Crippen molar-refractivity contribution in [1.29, 1.82) is 0 Å². The fourth-order valence-electron chi connectivity index (χ4n) is 1.52. The molecule has 0 aromatic rings. The van der Waals surface area contributed by atoms with Gasteiger partial charge < -0.3 is 9.84 Å². The van der Waals surface area contributed by atoms with E-state index < -0.39 is 0 Å². The van der Waals surface area contributed by atoms with Crippen molar-refractivity contribution < 1.29 is 14.6 Å². The second-order valence-corrected chi connectivity index (χ2v) is 3.58. The summed E-state index contributed by atoms with van der Waals surface area (Å²) in [4.78, 5) is 11.2. The van der Waals surface area contributed by atoms with Crippen molar-refractivity contribution in [2.24, 2.45) is 0 Å². The Morgan fingerprint density at radius 3 is 3.14 bits per heavy atom. The number of hydrogen-bond acceptors (Lipinski definition) is 3. The molecule has 0 aromatic heterocycles. The summed E-state index contributed by atoms with van der Waals surface area (Å²) in [5.41, 5.74) is 0. The maximum atomic E-state index is 11.2. The quantitative estimate of drug-likeness (QED) is 0.555. The summed E-state index contributed by atoms with van der Waals surface area (Å²) in [7, 11) is 0. The maximum absolute atomic E-state index is 11.2. The molecule has 0 amide bonds. The van der Waals surface area contributed by atoms with Crippen LogP contribution < -0.4 is 0 Å². The molecule has 1 N–H and O–H groups in total. The van der Waals surface area contributed by atoms with E-state index in [2.05, 4.69) is 12.2 Å². The van der Waals surface area contributed by atoms with Crippen molar-refractivity contribution in [2.45, 2.75) is 44.6 Å². The van der Waals surface area contributed by atoms with Gasteiger partial charge in [-0.05, 0) is 25.7 Å². The molecule has 0 aromatic carbocycles. The van der Waals surface area contributed by atoms with E-state index in [4.69, 9.17) is 9.84 Å². The first-order chi connectivity index (χ1) is 6.83. The van der Waals surface area contributed by atoms with Crippen LogP contribution in [-0.2, 0) is 9.53 Å². The molecule has 1 rings (SSSR count). The number of rotatable bonds is 3. The lowest BCUT2D eigenvalue weighted by molar-refractivity contribution is -0.149. The minimum atomic E-state index is -0.100. The summed E-state index contributed by atoms with van der Waals surface area (Å²) in [6.45, 7) is 0.164. The van der Waals surface area contributed by atoms with Crippen LogP contribution >= 0.6 is 0 Å². The Hall–Kier alpha value is -0.830. The molecule has 3 nitrogen and oxygen atoms in total. The molecule has 0 radical (unpaired) electrons. The van der Waals surface area contributed by atoms with Gasteiger partial charge in [-0.25, -0.2) is 0 Å². The minimum absolute atomic E-state index is 0.0380. The lowest BCUT2D eigenvalue weighted by Crippen LogP contribution is -2.17. The average Bonchev–Trinajstić information content (AvgIpc) is 2.27. The standard InChI is InChI=1S/C11H18O3/c12-9-5-7-10-6-3-1-2-4-8-11(13)14-10/h1,3,10,12H,2,4-9H2/b3-1-. The second kappa shape index (κ2) is 6.60. The molecule has 1 heterocycles. The van der Waals surface area contributed by atoms with Crippen molar-refractivity contribution in [3.05, 3.63) is 12.2 Å². The second-order valence-electron chi connectivity index (χ2n) is 3.58. The van der Waals surface area contributed by atoms with Gasteiger partial charge in [-0.2, -0.15) is 0 Å². The smallest absolute Gasteiger partial charge is 0.306 e. The highest BCUT2D eigenvalue weighted by Gasteiger charge is 2.13. The minimum Gasteiger partial charge on any atom is -0.462 e. The monoisotopic (exact) mass is 198 g/mol. The number of carbonyl (C=O) groups excluding carboxylic acids is 1. The fourth-order valence-corrected chi connectivity index (χ4v) is 1.52. The van der Waals surface area contributed by atoms with Crippen molar-refractivity contribution in [2.75, 3.05) is 6.61 Å². The molecule has 1 aliphatic heterocycles. The first-order valence-corrected chi connectivity index (χ1v) is 5.28. The Labute approximate surface area is 84.8 Å². The van der Waals surface area contributed by atoms with Gasteiger partial charge in [-0.1, -0.05) is 12.2 Å². The van der Waals surface area contributed by atoms with Crippen LogP contribution in [0.4, 0.5) is 0 Å². The highest BCUT2D eigenvalue weighted by Crippen LogP contribution is 2.13. The van der Waals surface area contributed by atoms with Crippen molar-refractivity contribution in [1.82, 2.24) is 0 Å². The molecule has 0 bridgehead atoms. The molecule has 1 atom stereocenters. The normalized spacial score (nSPS) is 25.8. The van der Waals surface area contributed by atoms with E-state index in [0.29, 0.717) is 12.8 Å². The summed E-state index contributed by atoms with van der Waals surface area (Å²) < 4.78 is 5.27. The topological polar surface area (TPSA) is 46.5 Å². The zero-order chi connectivity index (χ0) is 10.2. The zero-order valence-electron chi connectivity index (χ0n) is 8.45. The Morgan fingerprint density at radius 2 is 2.36 bits per heavy atom. The third-order valence-electron chi connectivity index (χ3n) is 2.30. The summed E-state index contributed by atoms with van der Waals surface area (Å²) in [5, 5.41) is 8.69. The summed E-state index contributed by atoms with van der Waals surface area (Å²) in [6, 6.07) is 0. The Kier molecular flexibility index (Phi) is 5.30. The van der Waals surface area contributed by atoms with E-state index in [0.717, 1.165) is 25.7 Å². The molecule has 0 saturated carbocycles. The Morgan fingerprint density at radius 1 is 1.50 bits per heavy atom. The number of esters is 1. The van der Waals surface area contributed by atoms with E-state index in [1.807, 2.05) is 0 Å². The molecule has 0 spiro atoms. The molecule has 14 heavy (non-hydrogen) atoms. The Bertz CT molecular complexity index is 199. The van der Waals surface area contributed by atoms with Crippen molar-refractivity contribution in [3.8, 4) is 0 Å². The third-order valence-corrected chi connectivity index (χ3v) is 2.30. The predicted molar refractivity (Wildman–Crippen MR) is 53.8 cm³/mol. The van der Waals surface area contributed by atoms with Gasteiger partial charge in [0.2, 0.25) is 0 Å². The first-order valence-electron chi connectivity index (χ1n) is 5.28. The number of cyclic esters (lactones) is 1. The van der Waals surface area contributed by atoms with Crippen molar-refractivity contribution >= 4 is 5.97 Å². The van der Waals surface area contributed by atoms with E-state index in [-0.39, 0.29) is 18.7 Å². The van der Waals surface area contributed by atoms with Gasteiger partial charge in [-0.3, -0.25) is 4.79 Å². The van der Waals surface area contributed by atoms with Gasteiger partial charge in [0.1, 0.15) is 6.10 Å². The van der Waals surface area contributed by atoms with Crippen LogP contribution in [0.15, 0.2) is 12.2 Å². The molecular weight excluding hydrogens is 180 g/mol. The SMILES string of the molecule is O=C1CCC/C=C\CC(CCCO)O1. The lowest BCUT2D eigenvalue weighted by Gasteiger charge is -2.15. The van der Waals surface area contributed by atoms with Gasteiger partial charge in [0.05, 0.1) is 0 Å². The van der Waals surface area contributed by atoms with E-state index in [1.165, 1.54) is 0 Å². The van der Waals surface area contributed by atoms with E-state index in [1.54, 1.807) is 0 Å². The average molecular weight is 198 g/mol. The largest absolute Gasteiger partial charge is 0.462 e. The van der Waals surface area contributed by atoms with E-state index in [9.17, 15) is 4.79 Å². The molecule has 0 aliphatic carbocycles. The van der Waals surface area contributed by atoms with Crippen molar-refractivity contribution in [3.63, 3.8) is 0 Å². The first kappa shape index (κ1) is 11.2. The zero-order valence-corrected chi connectivity index (χ0v) is 8.45. The molecule has 3 heteroatoms. The van der Waals surface area contributed by atoms with E-state index >= 15 is 0 Å². The number of carbonyl (C=O) groups is 1. The van der Waals surface area contributed by atoms with Crippen LogP contribution in [0.3, 0.4) is 0 Å². The highest BCUT2D eigenvalue weighted by atomic mass is 16.5. The van der Waals surface area contributed by atoms with Gasteiger partial charge in [0.25, 0.3) is 0 Å². The van der Waals surface area contributed by atoms with Gasteiger partial charge in [-0.15, -0.1) is 0 Å². The summed E-state index contributed by atoms with van der Waals surface area (Å²) in [6.07, 6.45) is 8.73. The van der Waals surface area contributed by atoms with Crippen LogP contribution in [0.2, 0.25) is 0 Å². The van der Waals surface area contributed by atoms with Crippen LogP contribution in [0, 0.1) is 0 Å². The van der Waals surface area contributed by atoms with Gasteiger partial charge in [0, 0.05) is 19.4 Å². The number of hydrogen-bond donors (Lipinski definition) is 1. The molecule has 0 saturated heterocycles. The van der Waals surface area contributed by atoms with Gasteiger partial charge >= 0.3 is 5.97 Å². The molecule has 1 aliphatic rings. The molecule has 80 valence electrons. The number of allylic oxidation sites excluding steroid dienone is 1. The van der Waals surface area contributed by atoms with Gasteiger partial charge in [0.15, 0.2) is 0 Å². The lowest BCUT2D eigenvalue weighted by atomic mass is 10.1. The summed E-state index contributed by atoms with van der Waals surface area (Å²) >= 11 is 0. The molecular formula is C11H18O3. The maximum Gasteiger partial charge on any atom is 0.306 e. The highest BCUT2D eigenvalue weighted by molar-refractivity contribution is 5.69. The fraction of sp³-hybridized carbons (Fsp3) is 0.727. The molecule has 1 unspecified atom stereocenters. The summed E-state index contributed by atoms with van der Waals surface area (Å²) in [5.74, 6) is -0.100.